The number of fused-ring (bicyclic) bond motifs is 1. The zero-order chi connectivity index (χ0) is 14.5. The molecule has 0 aliphatic heterocycles. The van der Waals surface area contributed by atoms with Crippen LogP contribution in [0.1, 0.15) is 29.9 Å². The van der Waals surface area contributed by atoms with Gasteiger partial charge < -0.3 is 11.1 Å². The highest BCUT2D eigenvalue weighted by atomic mass is 32.2. The average molecular weight is 309 g/mol. The van der Waals surface area contributed by atoms with E-state index < -0.39 is 0 Å². The van der Waals surface area contributed by atoms with Crippen molar-refractivity contribution in [2.24, 2.45) is 0 Å². The minimum Gasteiger partial charge on any atom is -0.397 e. The molecule has 0 aromatic carbocycles. The van der Waals surface area contributed by atoms with Gasteiger partial charge in [0.05, 0.1) is 10.4 Å². The Morgan fingerprint density at radius 2 is 2.40 bits per heavy atom. The molecular formula is C14H19N3OS2. The van der Waals surface area contributed by atoms with E-state index in [-0.39, 0.29) is 11.9 Å². The smallest absolute Gasteiger partial charge is 0.263 e. The van der Waals surface area contributed by atoms with E-state index in [9.17, 15) is 4.79 Å². The van der Waals surface area contributed by atoms with Crippen LogP contribution in [-0.2, 0) is 0 Å². The first kappa shape index (κ1) is 15.1. The number of aromatic nitrogens is 1. The van der Waals surface area contributed by atoms with E-state index >= 15 is 0 Å². The van der Waals surface area contributed by atoms with Gasteiger partial charge in [-0.1, -0.05) is 6.92 Å². The number of amides is 1. The number of hydrogen-bond acceptors (Lipinski definition) is 5. The van der Waals surface area contributed by atoms with Gasteiger partial charge in [-0.3, -0.25) is 9.78 Å². The number of nitrogen functional groups attached to an aromatic ring is 1. The Balaban J connectivity index is 2.06. The summed E-state index contributed by atoms with van der Waals surface area (Å²) in [4.78, 5) is 16.9. The van der Waals surface area contributed by atoms with Crippen molar-refractivity contribution in [3.8, 4) is 0 Å². The predicted molar refractivity (Wildman–Crippen MR) is 88.6 cm³/mol. The molecule has 2 heterocycles. The summed E-state index contributed by atoms with van der Waals surface area (Å²) < 4.78 is 0.948. The molecular weight excluding hydrogens is 290 g/mol. The SMILES string of the molecule is CCSCCC(C)NC(=O)c1sc2cnccc2c1N. The minimum absolute atomic E-state index is 0.0855. The molecule has 1 atom stereocenters. The lowest BCUT2D eigenvalue weighted by Crippen LogP contribution is -2.32. The molecule has 6 heteroatoms. The van der Waals surface area contributed by atoms with E-state index in [1.165, 1.54) is 11.3 Å². The fraction of sp³-hybridized carbons (Fsp3) is 0.429. The third-order valence-corrected chi connectivity index (χ3v) is 5.10. The average Bonchev–Trinajstić information content (AvgIpc) is 2.77. The number of thiophene rings is 1. The Morgan fingerprint density at radius 3 is 3.10 bits per heavy atom. The van der Waals surface area contributed by atoms with Crippen molar-refractivity contribution in [2.75, 3.05) is 17.2 Å². The molecule has 2 aromatic rings. The van der Waals surface area contributed by atoms with Gasteiger partial charge in [-0.05, 0) is 30.9 Å². The largest absolute Gasteiger partial charge is 0.397 e. The summed E-state index contributed by atoms with van der Waals surface area (Å²) in [6, 6.07) is 2.00. The molecule has 0 aliphatic carbocycles. The molecule has 0 spiro atoms. The van der Waals surface area contributed by atoms with Crippen LogP contribution in [0.3, 0.4) is 0 Å². The van der Waals surface area contributed by atoms with Crippen LogP contribution < -0.4 is 11.1 Å². The number of thioether (sulfide) groups is 1. The van der Waals surface area contributed by atoms with Crippen molar-refractivity contribution in [2.45, 2.75) is 26.3 Å². The van der Waals surface area contributed by atoms with Crippen molar-refractivity contribution < 1.29 is 4.79 Å². The highest BCUT2D eigenvalue weighted by Crippen LogP contribution is 2.32. The standard InChI is InChI=1S/C14H19N3OS2/c1-3-19-7-5-9(2)17-14(18)13-12(15)10-4-6-16-8-11(10)20-13/h4,6,8-9H,3,5,7,15H2,1-2H3,(H,17,18). The number of rotatable bonds is 6. The third kappa shape index (κ3) is 3.43. The van der Waals surface area contributed by atoms with Crippen LogP contribution in [0.2, 0.25) is 0 Å². The maximum atomic E-state index is 12.3. The van der Waals surface area contributed by atoms with Crippen molar-refractivity contribution >= 4 is 44.8 Å². The maximum absolute atomic E-state index is 12.3. The number of nitrogens with one attached hydrogen (secondary N) is 1. The first-order valence-corrected chi connectivity index (χ1v) is 8.61. The molecule has 0 radical (unpaired) electrons. The molecule has 0 bridgehead atoms. The molecule has 2 rings (SSSR count). The predicted octanol–water partition coefficient (Wildman–Crippen LogP) is 3.14. The van der Waals surface area contributed by atoms with Crippen molar-refractivity contribution in [1.82, 2.24) is 10.3 Å². The summed E-state index contributed by atoms with van der Waals surface area (Å²) >= 11 is 3.28. The zero-order valence-electron chi connectivity index (χ0n) is 11.7. The van der Waals surface area contributed by atoms with Gasteiger partial charge in [0.25, 0.3) is 5.91 Å². The van der Waals surface area contributed by atoms with Crippen molar-refractivity contribution in [3.63, 3.8) is 0 Å². The molecule has 1 amide bonds. The second-order valence-electron chi connectivity index (χ2n) is 4.58. The molecule has 0 saturated heterocycles. The van der Waals surface area contributed by atoms with Crippen LogP contribution in [0.15, 0.2) is 18.5 Å². The number of carbonyl (C=O) groups excluding carboxylic acids is 1. The number of anilines is 1. The highest BCUT2D eigenvalue weighted by Gasteiger charge is 2.17. The van der Waals surface area contributed by atoms with Gasteiger partial charge in [0.1, 0.15) is 4.88 Å². The second kappa shape index (κ2) is 6.95. The molecule has 108 valence electrons. The van der Waals surface area contributed by atoms with E-state index in [0.717, 1.165) is 28.0 Å². The fourth-order valence-corrected chi connectivity index (χ4v) is 3.71. The van der Waals surface area contributed by atoms with Crippen LogP contribution in [0.4, 0.5) is 5.69 Å². The number of nitrogens with zero attached hydrogens (tertiary/aromatic N) is 1. The van der Waals surface area contributed by atoms with Crippen molar-refractivity contribution in [3.05, 3.63) is 23.3 Å². The first-order valence-electron chi connectivity index (χ1n) is 6.64. The van der Waals surface area contributed by atoms with Gasteiger partial charge in [-0.2, -0.15) is 11.8 Å². The quantitative estimate of drug-likeness (QED) is 0.804. The van der Waals surface area contributed by atoms with Crippen LogP contribution in [0.25, 0.3) is 10.1 Å². The van der Waals surface area contributed by atoms with Gasteiger partial charge in [0, 0.05) is 23.8 Å². The lowest BCUT2D eigenvalue weighted by molar-refractivity contribution is 0.0944. The molecule has 4 nitrogen and oxygen atoms in total. The Morgan fingerprint density at radius 1 is 1.60 bits per heavy atom. The van der Waals surface area contributed by atoms with Gasteiger partial charge in [0.2, 0.25) is 0 Å². The Bertz CT molecular complexity index is 597. The summed E-state index contributed by atoms with van der Waals surface area (Å²) in [7, 11) is 0. The van der Waals surface area contributed by atoms with Gasteiger partial charge in [-0.25, -0.2) is 0 Å². The van der Waals surface area contributed by atoms with Crippen LogP contribution in [-0.4, -0.2) is 28.4 Å². The van der Waals surface area contributed by atoms with E-state index in [2.05, 4.69) is 17.2 Å². The van der Waals surface area contributed by atoms with Crippen LogP contribution in [0, 0.1) is 0 Å². The highest BCUT2D eigenvalue weighted by molar-refractivity contribution is 7.99. The molecule has 2 aromatic heterocycles. The van der Waals surface area contributed by atoms with Crippen LogP contribution in [0.5, 0.6) is 0 Å². The second-order valence-corrected chi connectivity index (χ2v) is 7.02. The number of hydrogen-bond donors (Lipinski definition) is 2. The summed E-state index contributed by atoms with van der Waals surface area (Å²) in [6.07, 6.45) is 4.41. The van der Waals surface area contributed by atoms with Crippen LogP contribution >= 0.6 is 23.1 Å². The third-order valence-electron chi connectivity index (χ3n) is 3.01. The number of nitrogens with two attached hydrogens (primary N) is 1. The molecule has 3 N–H and O–H groups in total. The number of pyridine rings is 1. The normalized spacial score (nSPS) is 12.5. The zero-order valence-corrected chi connectivity index (χ0v) is 13.3. The summed E-state index contributed by atoms with van der Waals surface area (Å²) in [5.41, 5.74) is 6.61. The van der Waals surface area contributed by atoms with E-state index in [1.54, 1.807) is 12.4 Å². The van der Waals surface area contributed by atoms with Gasteiger partial charge >= 0.3 is 0 Å². The van der Waals surface area contributed by atoms with Crippen molar-refractivity contribution in [1.29, 1.82) is 0 Å². The summed E-state index contributed by atoms with van der Waals surface area (Å²) in [5, 5.41) is 3.92. The van der Waals surface area contributed by atoms with E-state index in [0.29, 0.717) is 10.6 Å². The van der Waals surface area contributed by atoms with Gasteiger partial charge in [0.15, 0.2) is 0 Å². The van der Waals surface area contributed by atoms with E-state index in [1.807, 2.05) is 24.8 Å². The monoisotopic (exact) mass is 309 g/mol. The Kier molecular flexibility index (Phi) is 5.25. The molecule has 0 saturated carbocycles. The molecule has 1 unspecified atom stereocenters. The topological polar surface area (TPSA) is 68.0 Å². The van der Waals surface area contributed by atoms with Gasteiger partial charge in [-0.15, -0.1) is 11.3 Å². The lowest BCUT2D eigenvalue weighted by atomic mass is 10.2. The summed E-state index contributed by atoms with van der Waals surface area (Å²) in [6.45, 7) is 4.17. The Hall–Kier alpha value is -1.27. The minimum atomic E-state index is -0.0855. The fourth-order valence-electron chi connectivity index (χ4n) is 1.91. The maximum Gasteiger partial charge on any atom is 0.263 e. The molecule has 0 aliphatic rings. The summed E-state index contributed by atoms with van der Waals surface area (Å²) in [5.74, 6) is 2.08. The molecule has 0 fully saturated rings. The lowest BCUT2D eigenvalue weighted by Gasteiger charge is -2.12. The molecule has 20 heavy (non-hydrogen) atoms. The first-order chi connectivity index (χ1) is 9.63. The van der Waals surface area contributed by atoms with E-state index in [4.69, 9.17) is 5.73 Å². The Labute approximate surface area is 127 Å². The number of carbonyl (C=O) groups is 1.